The van der Waals surface area contributed by atoms with Crippen LogP contribution in [0.2, 0.25) is 0 Å². The molecule has 0 amide bonds. The second-order valence-electron chi connectivity index (χ2n) is 4.90. The number of esters is 1. The number of piperidine rings is 1. The number of nitrogens with zero attached hydrogens (tertiary/aromatic N) is 2. The molecule has 1 atom stereocenters. The number of methoxy groups -OCH3 is 1. The molecule has 0 bridgehead atoms. The Kier molecular flexibility index (Phi) is 5.02. The molecule has 1 aromatic rings. The van der Waals surface area contributed by atoms with Crippen molar-refractivity contribution < 1.29 is 9.53 Å². The molecule has 2 rings (SSSR count). The Bertz CT molecular complexity index is 539. The number of hydrogen-bond donors (Lipinski definition) is 0. The van der Waals surface area contributed by atoms with E-state index in [4.69, 9.17) is 4.74 Å². The molecular weight excluding hydrogens is 320 g/mol. The smallest absolute Gasteiger partial charge is 0.307 e. The summed E-state index contributed by atoms with van der Waals surface area (Å²) in [5.41, 5.74) is 1.54. The maximum Gasteiger partial charge on any atom is 0.307 e. The summed E-state index contributed by atoms with van der Waals surface area (Å²) >= 11 is 3.45. The third kappa shape index (κ3) is 3.31. The number of hydrogen-bond acceptors (Lipinski definition) is 4. The van der Waals surface area contributed by atoms with Crippen LogP contribution in [0.4, 0.5) is 5.69 Å². The molecule has 0 radical (unpaired) electrons. The largest absolute Gasteiger partial charge is 0.469 e. The first kappa shape index (κ1) is 14.9. The molecule has 1 aliphatic rings. The second-order valence-corrected chi connectivity index (χ2v) is 5.81. The van der Waals surface area contributed by atoms with Crippen LogP contribution in [0.3, 0.4) is 0 Å². The quantitative estimate of drug-likeness (QED) is 0.795. The van der Waals surface area contributed by atoms with Crippen molar-refractivity contribution in [1.29, 1.82) is 5.26 Å². The zero-order chi connectivity index (χ0) is 14.5. The fraction of sp³-hybridized carbons (Fsp3) is 0.467. The van der Waals surface area contributed by atoms with Crippen LogP contribution in [0, 0.1) is 11.3 Å². The molecule has 1 unspecified atom stereocenters. The molecule has 1 saturated heterocycles. The number of benzene rings is 1. The molecule has 1 fully saturated rings. The van der Waals surface area contributed by atoms with Crippen molar-refractivity contribution >= 4 is 27.6 Å². The minimum atomic E-state index is -0.199. The average Bonchev–Trinajstić information content (AvgIpc) is 2.47. The van der Waals surface area contributed by atoms with Gasteiger partial charge >= 0.3 is 5.97 Å². The Morgan fingerprint density at radius 1 is 1.55 bits per heavy atom. The average molecular weight is 337 g/mol. The molecule has 0 aliphatic carbocycles. The van der Waals surface area contributed by atoms with Crippen molar-refractivity contribution in [3.63, 3.8) is 0 Å². The second kappa shape index (κ2) is 6.76. The summed E-state index contributed by atoms with van der Waals surface area (Å²) < 4.78 is 5.72. The summed E-state index contributed by atoms with van der Waals surface area (Å²) in [5.74, 6) is -0.199. The van der Waals surface area contributed by atoms with Crippen molar-refractivity contribution in [1.82, 2.24) is 0 Å². The number of carbonyl (C=O) groups excluding carboxylic acids is 1. The first-order valence-corrected chi connectivity index (χ1v) is 7.48. The maximum absolute atomic E-state index is 11.6. The van der Waals surface area contributed by atoms with Gasteiger partial charge in [-0.25, -0.2) is 0 Å². The molecule has 0 aromatic heterocycles. The molecule has 0 spiro atoms. The zero-order valence-corrected chi connectivity index (χ0v) is 13.0. The standard InChI is InChI=1S/C15H17BrN2O2/c1-20-15(19)9-13-4-2-3-7-18(13)14-8-12(16)6-5-11(14)10-17/h5-6,8,13H,2-4,7,9H2,1H3. The third-order valence-electron chi connectivity index (χ3n) is 3.65. The van der Waals surface area contributed by atoms with E-state index in [1.54, 1.807) is 0 Å². The minimum Gasteiger partial charge on any atom is -0.469 e. The highest BCUT2D eigenvalue weighted by Gasteiger charge is 2.27. The van der Waals surface area contributed by atoms with E-state index in [0.29, 0.717) is 12.0 Å². The normalized spacial score (nSPS) is 18.4. The monoisotopic (exact) mass is 336 g/mol. The van der Waals surface area contributed by atoms with E-state index in [2.05, 4.69) is 26.9 Å². The summed E-state index contributed by atoms with van der Waals surface area (Å²) in [6.45, 7) is 0.868. The zero-order valence-electron chi connectivity index (χ0n) is 11.4. The van der Waals surface area contributed by atoms with E-state index < -0.39 is 0 Å². The van der Waals surface area contributed by atoms with Crippen molar-refractivity contribution in [2.75, 3.05) is 18.6 Å². The topological polar surface area (TPSA) is 53.3 Å². The number of ether oxygens (including phenoxy) is 1. The van der Waals surface area contributed by atoms with Gasteiger partial charge in [-0.2, -0.15) is 5.26 Å². The van der Waals surface area contributed by atoms with Gasteiger partial charge in [0.25, 0.3) is 0 Å². The lowest BCUT2D eigenvalue weighted by molar-refractivity contribution is -0.141. The number of carbonyl (C=O) groups is 1. The van der Waals surface area contributed by atoms with E-state index in [1.165, 1.54) is 7.11 Å². The molecule has 4 nitrogen and oxygen atoms in total. The molecule has 20 heavy (non-hydrogen) atoms. The summed E-state index contributed by atoms with van der Waals surface area (Å²) in [6, 6.07) is 7.96. The molecule has 5 heteroatoms. The Labute approximate surface area is 127 Å². The highest BCUT2D eigenvalue weighted by molar-refractivity contribution is 9.10. The van der Waals surface area contributed by atoms with Crippen molar-refractivity contribution in [2.45, 2.75) is 31.7 Å². The first-order valence-electron chi connectivity index (χ1n) is 6.69. The van der Waals surface area contributed by atoms with Gasteiger partial charge in [0.05, 0.1) is 24.8 Å². The van der Waals surface area contributed by atoms with Gasteiger partial charge in [-0.1, -0.05) is 15.9 Å². The van der Waals surface area contributed by atoms with E-state index in [0.717, 1.165) is 36.0 Å². The molecule has 0 N–H and O–H groups in total. The van der Waals surface area contributed by atoms with E-state index >= 15 is 0 Å². The number of halogens is 1. The fourth-order valence-electron chi connectivity index (χ4n) is 2.64. The first-order chi connectivity index (χ1) is 9.65. The predicted octanol–water partition coefficient (Wildman–Crippen LogP) is 3.24. The van der Waals surface area contributed by atoms with Gasteiger partial charge in [0.1, 0.15) is 6.07 Å². The van der Waals surface area contributed by atoms with Gasteiger partial charge in [0.15, 0.2) is 0 Å². The van der Waals surface area contributed by atoms with Crippen molar-refractivity contribution in [2.24, 2.45) is 0 Å². The van der Waals surface area contributed by atoms with Crippen LogP contribution < -0.4 is 4.90 Å². The minimum absolute atomic E-state index is 0.109. The van der Waals surface area contributed by atoms with Gasteiger partial charge in [-0.15, -0.1) is 0 Å². The van der Waals surface area contributed by atoms with Gasteiger partial charge in [0, 0.05) is 17.1 Å². The van der Waals surface area contributed by atoms with Crippen LogP contribution in [-0.2, 0) is 9.53 Å². The third-order valence-corrected chi connectivity index (χ3v) is 4.14. The van der Waals surface area contributed by atoms with E-state index in [1.807, 2.05) is 18.2 Å². The Balaban J connectivity index is 2.30. The number of anilines is 1. The molecule has 1 heterocycles. The lowest BCUT2D eigenvalue weighted by Crippen LogP contribution is -2.41. The predicted molar refractivity (Wildman–Crippen MR) is 80.5 cm³/mol. The summed E-state index contributed by atoms with van der Waals surface area (Å²) in [6.07, 6.45) is 3.50. The highest BCUT2D eigenvalue weighted by atomic mass is 79.9. The molecule has 1 aliphatic heterocycles. The fourth-order valence-corrected chi connectivity index (χ4v) is 2.99. The van der Waals surface area contributed by atoms with Gasteiger partial charge in [0.2, 0.25) is 0 Å². The molecule has 0 saturated carbocycles. The van der Waals surface area contributed by atoms with Crippen LogP contribution in [0.1, 0.15) is 31.2 Å². The van der Waals surface area contributed by atoms with Gasteiger partial charge < -0.3 is 9.64 Å². The lowest BCUT2D eigenvalue weighted by atomic mass is 9.97. The molecule has 1 aromatic carbocycles. The lowest BCUT2D eigenvalue weighted by Gasteiger charge is -2.37. The Morgan fingerprint density at radius 2 is 2.35 bits per heavy atom. The van der Waals surface area contributed by atoms with Crippen LogP contribution in [0.15, 0.2) is 22.7 Å². The van der Waals surface area contributed by atoms with Gasteiger partial charge in [-0.3, -0.25) is 4.79 Å². The Morgan fingerprint density at radius 3 is 3.05 bits per heavy atom. The van der Waals surface area contributed by atoms with E-state index in [9.17, 15) is 10.1 Å². The molecular formula is C15H17BrN2O2. The SMILES string of the molecule is COC(=O)CC1CCCCN1c1cc(Br)ccc1C#N. The summed E-state index contributed by atoms with van der Waals surface area (Å²) in [4.78, 5) is 13.7. The Hall–Kier alpha value is -1.54. The number of rotatable bonds is 3. The van der Waals surface area contributed by atoms with E-state index in [-0.39, 0.29) is 12.0 Å². The van der Waals surface area contributed by atoms with Gasteiger partial charge in [-0.05, 0) is 37.5 Å². The maximum atomic E-state index is 11.6. The van der Waals surface area contributed by atoms with Crippen LogP contribution in [0.25, 0.3) is 0 Å². The number of nitriles is 1. The van der Waals surface area contributed by atoms with Crippen molar-refractivity contribution in [3.8, 4) is 6.07 Å². The van der Waals surface area contributed by atoms with Crippen molar-refractivity contribution in [3.05, 3.63) is 28.2 Å². The summed E-state index contributed by atoms with van der Waals surface area (Å²) in [7, 11) is 1.41. The van der Waals surface area contributed by atoms with Crippen LogP contribution >= 0.6 is 15.9 Å². The summed E-state index contributed by atoms with van der Waals surface area (Å²) in [5, 5.41) is 9.27. The highest BCUT2D eigenvalue weighted by Crippen LogP contribution is 2.31. The van der Waals surface area contributed by atoms with Crippen LogP contribution in [0.5, 0.6) is 0 Å². The van der Waals surface area contributed by atoms with Crippen LogP contribution in [-0.4, -0.2) is 25.7 Å². The molecule has 106 valence electrons.